The predicted molar refractivity (Wildman–Crippen MR) is 88.3 cm³/mol. The highest BCUT2D eigenvalue weighted by atomic mass is 79.9. The van der Waals surface area contributed by atoms with Gasteiger partial charge in [0.15, 0.2) is 0 Å². The van der Waals surface area contributed by atoms with Crippen molar-refractivity contribution >= 4 is 32.7 Å². The summed E-state index contributed by atoms with van der Waals surface area (Å²) in [7, 11) is 0. The van der Waals surface area contributed by atoms with Crippen LogP contribution in [-0.2, 0) is 0 Å². The van der Waals surface area contributed by atoms with Crippen molar-refractivity contribution in [1.82, 2.24) is 10.3 Å². The molecule has 0 bridgehead atoms. The average molecular weight is 343 g/mol. The molecule has 106 valence electrons. The van der Waals surface area contributed by atoms with E-state index in [1.165, 1.54) is 0 Å². The van der Waals surface area contributed by atoms with E-state index in [0.717, 1.165) is 20.9 Å². The number of nitrogens with one attached hydrogen (secondary N) is 2. The maximum Gasteiger partial charge on any atom is 0.268 e. The Hall–Kier alpha value is -2.07. The first kappa shape index (κ1) is 13.9. The molecule has 0 aliphatic rings. The lowest BCUT2D eigenvalue weighted by atomic mass is 10.1. The van der Waals surface area contributed by atoms with Crippen LogP contribution in [0.2, 0.25) is 0 Å². The highest BCUT2D eigenvalue weighted by molar-refractivity contribution is 9.10. The Balaban J connectivity index is 1.81. The van der Waals surface area contributed by atoms with Gasteiger partial charge in [0, 0.05) is 15.4 Å². The molecule has 0 fully saturated rings. The topological polar surface area (TPSA) is 44.9 Å². The number of amides is 1. The van der Waals surface area contributed by atoms with Gasteiger partial charge >= 0.3 is 0 Å². The number of halogens is 1. The van der Waals surface area contributed by atoms with Crippen LogP contribution in [0.25, 0.3) is 10.9 Å². The summed E-state index contributed by atoms with van der Waals surface area (Å²) in [5, 5.41) is 4.05. The lowest BCUT2D eigenvalue weighted by Crippen LogP contribution is -2.27. The molecule has 3 aromatic rings. The maximum absolute atomic E-state index is 12.4. The van der Waals surface area contributed by atoms with Crippen LogP contribution in [0.15, 0.2) is 59.1 Å². The molecular formula is C17H15BrN2O. The SMILES string of the molecule is C[C@H](NC(=O)c1cc2ccccc2[nH]1)c1ccccc1Br. The summed E-state index contributed by atoms with van der Waals surface area (Å²) in [5.41, 5.74) is 2.60. The largest absolute Gasteiger partial charge is 0.351 e. The van der Waals surface area contributed by atoms with Crippen molar-refractivity contribution in [2.75, 3.05) is 0 Å². The molecule has 1 aromatic heterocycles. The van der Waals surface area contributed by atoms with Crippen LogP contribution in [0.3, 0.4) is 0 Å². The van der Waals surface area contributed by atoms with Gasteiger partial charge in [-0.15, -0.1) is 0 Å². The fourth-order valence-corrected chi connectivity index (χ4v) is 3.00. The zero-order valence-corrected chi connectivity index (χ0v) is 13.1. The summed E-state index contributed by atoms with van der Waals surface area (Å²) in [6.45, 7) is 1.97. The lowest BCUT2D eigenvalue weighted by Gasteiger charge is -2.15. The van der Waals surface area contributed by atoms with Crippen LogP contribution in [-0.4, -0.2) is 10.9 Å². The minimum atomic E-state index is -0.102. The Labute approximate surface area is 131 Å². The number of fused-ring (bicyclic) bond motifs is 1. The number of H-pyrrole nitrogens is 1. The van der Waals surface area contributed by atoms with E-state index >= 15 is 0 Å². The molecule has 0 aliphatic heterocycles. The van der Waals surface area contributed by atoms with Gasteiger partial charge in [0.1, 0.15) is 5.69 Å². The van der Waals surface area contributed by atoms with Gasteiger partial charge in [0.05, 0.1) is 6.04 Å². The number of carbonyl (C=O) groups excluding carboxylic acids is 1. The van der Waals surface area contributed by atoms with E-state index in [-0.39, 0.29) is 11.9 Å². The Kier molecular flexibility index (Phi) is 3.80. The fourth-order valence-electron chi connectivity index (χ4n) is 2.37. The van der Waals surface area contributed by atoms with Gasteiger partial charge in [-0.3, -0.25) is 4.79 Å². The van der Waals surface area contributed by atoms with E-state index in [1.807, 2.05) is 61.5 Å². The van der Waals surface area contributed by atoms with Crippen molar-refractivity contribution in [3.05, 3.63) is 70.3 Å². The Morgan fingerprint density at radius 1 is 1.14 bits per heavy atom. The first-order chi connectivity index (χ1) is 10.1. The quantitative estimate of drug-likeness (QED) is 0.726. The van der Waals surface area contributed by atoms with Gasteiger partial charge < -0.3 is 10.3 Å². The second-order valence-corrected chi connectivity index (χ2v) is 5.84. The van der Waals surface area contributed by atoms with E-state index in [1.54, 1.807) is 0 Å². The van der Waals surface area contributed by atoms with E-state index in [2.05, 4.69) is 26.2 Å². The van der Waals surface area contributed by atoms with Crippen LogP contribution in [0.4, 0.5) is 0 Å². The highest BCUT2D eigenvalue weighted by Crippen LogP contribution is 2.23. The maximum atomic E-state index is 12.4. The summed E-state index contributed by atoms with van der Waals surface area (Å²) >= 11 is 3.51. The Morgan fingerprint density at radius 3 is 2.62 bits per heavy atom. The minimum absolute atomic E-state index is 0.0699. The standard InChI is InChI=1S/C17H15BrN2O/c1-11(13-7-3-4-8-14(13)18)19-17(21)16-10-12-6-2-5-9-15(12)20-16/h2-11,20H,1H3,(H,19,21)/t11-/m0/s1. The first-order valence-corrected chi connectivity index (χ1v) is 7.57. The second kappa shape index (κ2) is 5.74. The van der Waals surface area contributed by atoms with Gasteiger partial charge in [-0.1, -0.05) is 52.3 Å². The molecule has 0 aliphatic carbocycles. The monoisotopic (exact) mass is 342 g/mol. The van der Waals surface area contributed by atoms with Crippen molar-refractivity contribution in [2.45, 2.75) is 13.0 Å². The second-order valence-electron chi connectivity index (χ2n) is 4.99. The van der Waals surface area contributed by atoms with Crippen molar-refractivity contribution in [3.63, 3.8) is 0 Å². The zero-order chi connectivity index (χ0) is 14.8. The molecule has 1 atom stereocenters. The number of benzene rings is 2. The highest BCUT2D eigenvalue weighted by Gasteiger charge is 2.15. The molecule has 3 nitrogen and oxygen atoms in total. The van der Waals surface area contributed by atoms with E-state index < -0.39 is 0 Å². The number of carbonyl (C=O) groups is 1. The number of rotatable bonds is 3. The van der Waals surface area contributed by atoms with Crippen molar-refractivity contribution < 1.29 is 4.79 Å². The average Bonchev–Trinajstić information content (AvgIpc) is 2.91. The third-order valence-electron chi connectivity index (χ3n) is 3.49. The first-order valence-electron chi connectivity index (χ1n) is 6.78. The molecule has 0 unspecified atom stereocenters. The molecule has 2 aromatic carbocycles. The molecule has 0 saturated carbocycles. The van der Waals surface area contributed by atoms with Crippen molar-refractivity contribution in [3.8, 4) is 0 Å². The number of para-hydroxylation sites is 1. The van der Waals surface area contributed by atoms with Gasteiger partial charge in [-0.25, -0.2) is 0 Å². The van der Waals surface area contributed by atoms with Crippen LogP contribution in [0.1, 0.15) is 29.0 Å². The van der Waals surface area contributed by atoms with Crippen molar-refractivity contribution in [2.24, 2.45) is 0 Å². The molecule has 0 radical (unpaired) electrons. The predicted octanol–water partition coefficient (Wildman–Crippen LogP) is 4.42. The molecule has 2 N–H and O–H groups in total. The van der Waals surface area contributed by atoms with Gasteiger partial charge in [-0.05, 0) is 30.7 Å². The number of hydrogen-bond donors (Lipinski definition) is 2. The molecule has 0 saturated heterocycles. The lowest BCUT2D eigenvalue weighted by molar-refractivity contribution is 0.0935. The third-order valence-corrected chi connectivity index (χ3v) is 4.22. The van der Waals surface area contributed by atoms with Gasteiger partial charge in [0.2, 0.25) is 0 Å². The number of aromatic nitrogens is 1. The molecule has 3 rings (SSSR count). The van der Waals surface area contributed by atoms with Crippen LogP contribution < -0.4 is 5.32 Å². The van der Waals surface area contributed by atoms with E-state index in [4.69, 9.17) is 0 Å². The summed E-state index contributed by atoms with van der Waals surface area (Å²) in [4.78, 5) is 15.5. The summed E-state index contributed by atoms with van der Waals surface area (Å²) in [6.07, 6.45) is 0. The molecule has 1 heterocycles. The minimum Gasteiger partial charge on any atom is -0.351 e. The van der Waals surface area contributed by atoms with E-state index in [9.17, 15) is 4.79 Å². The zero-order valence-electron chi connectivity index (χ0n) is 11.6. The molecule has 1 amide bonds. The van der Waals surface area contributed by atoms with Crippen LogP contribution in [0, 0.1) is 0 Å². The molecule has 0 spiro atoms. The summed E-state index contributed by atoms with van der Waals surface area (Å²) < 4.78 is 0.995. The Bertz CT molecular complexity index is 761. The van der Waals surface area contributed by atoms with E-state index in [0.29, 0.717) is 5.69 Å². The molecular weight excluding hydrogens is 328 g/mol. The van der Waals surface area contributed by atoms with Gasteiger partial charge in [0.25, 0.3) is 5.91 Å². The number of aromatic amines is 1. The Morgan fingerprint density at radius 2 is 1.86 bits per heavy atom. The normalized spacial score (nSPS) is 12.3. The molecule has 21 heavy (non-hydrogen) atoms. The summed E-state index contributed by atoms with van der Waals surface area (Å²) in [5.74, 6) is -0.102. The fraction of sp³-hybridized carbons (Fsp3) is 0.118. The van der Waals surface area contributed by atoms with Gasteiger partial charge in [-0.2, -0.15) is 0 Å². The number of hydrogen-bond acceptors (Lipinski definition) is 1. The smallest absolute Gasteiger partial charge is 0.268 e. The summed E-state index contributed by atoms with van der Waals surface area (Å²) in [6, 6.07) is 17.6. The van der Waals surface area contributed by atoms with Crippen LogP contribution >= 0.6 is 15.9 Å². The van der Waals surface area contributed by atoms with Crippen molar-refractivity contribution in [1.29, 1.82) is 0 Å². The third kappa shape index (κ3) is 2.85. The molecule has 4 heteroatoms. The van der Waals surface area contributed by atoms with Crippen LogP contribution in [0.5, 0.6) is 0 Å².